The van der Waals surface area contributed by atoms with Crippen LogP contribution in [-0.2, 0) is 9.53 Å². The zero-order valence-corrected chi connectivity index (χ0v) is 12.3. The Morgan fingerprint density at radius 3 is 2.62 bits per heavy atom. The number of benzene rings is 2. The summed E-state index contributed by atoms with van der Waals surface area (Å²) < 4.78 is 10.0. The molecule has 0 aromatic heterocycles. The topological polar surface area (TPSA) is 55.8 Å². The number of aliphatic hydroxyl groups excluding tert-OH is 1. The van der Waals surface area contributed by atoms with E-state index in [9.17, 15) is 9.90 Å². The van der Waals surface area contributed by atoms with Crippen molar-refractivity contribution < 1.29 is 19.4 Å². The SMILES string of the molecule is CCOC(=O)CCC(O)c1ccc2cc(OC)ccc2c1. The first-order chi connectivity index (χ1) is 10.1. The maximum absolute atomic E-state index is 11.3. The number of fused-ring (bicyclic) bond motifs is 1. The van der Waals surface area contributed by atoms with E-state index < -0.39 is 6.10 Å². The van der Waals surface area contributed by atoms with Crippen molar-refractivity contribution >= 4 is 16.7 Å². The fourth-order valence-corrected chi connectivity index (χ4v) is 2.23. The molecule has 4 nitrogen and oxygen atoms in total. The van der Waals surface area contributed by atoms with Gasteiger partial charge in [-0.2, -0.15) is 0 Å². The van der Waals surface area contributed by atoms with Crippen molar-refractivity contribution in [3.63, 3.8) is 0 Å². The van der Waals surface area contributed by atoms with E-state index in [4.69, 9.17) is 9.47 Å². The number of aliphatic hydroxyl groups is 1. The van der Waals surface area contributed by atoms with Gasteiger partial charge in [-0.1, -0.05) is 18.2 Å². The molecule has 1 N–H and O–H groups in total. The summed E-state index contributed by atoms with van der Waals surface area (Å²) in [5.41, 5.74) is 0.803. The third kappa shape index (κ3) is 3.95. The van der Waals surface area contributed by atoms with E-state index in [1.165, 1.54) is 0 Å². The highest BCUT2D eigenvalue weighted by Crippen LogP contribution is 2.26. The zero-order valence-electron chi connectivity index (χ0n) is 12.3. The minimum Gasteiger partial charge on any atom is -0.497 e. The number of methoxy groups -OCH3 is 1. The second-order valence-corrected chi connectivity index (χ2v) is 4.83. The number of carbonyl (C=O) groups is 1. The van der Waals surface area contributed by atoms with Crippen LogP contribution in [0.15, 0.2) is 36.4 Å². The highest BCUT2D eigenvalue weighted by molar-refractivity contribution is 5.84. The quantitative estimate of drug-likeness (QED) is 0.829. The standard InChI is InChI=1S/C17H20O4/c1-3-21-17(19)9-8-16(18)14-5-4-13-11-15(20-2)7-6-12(13)10-14/h4-7,10-11,16,18H,3,8-9H2,1-2H3. The molecule has 0 spiro atoms. The van der Waals surface area contributed by atoms with Gasteiger partial charge in [-0.05, 0) is 47.9 Å². The van der Waals surface area contributed by atoms with Crippen LogP contribution in [0, 0.1) is 0 Å². The lowest BCUT2D eigenvalue weighted by atomic mass is 10.0. The second-order valence-electron chi connectivity index (χ2n) is 4.83. The molecule has 0 saturated carbocycles. The van der Waals surface area contributed by atoms with Gasteiger partial charge in [0.2, 0.25) is 0 Å². The molecule has 2 rings (SSSR count). The number of hydrogen-bond acceptors (Lipinski definition) is 4. The van der Waals surface area contributed by atoms with Crippen LogP contribution in [0.25, 0.3) is 10.8 Å². The third-order valence-corrected chi connectivity index (χ3v) is 3.38. The molecule has 1 unspecified atom stereocenters. The van der Waals surface area contributed by atoms with Crippen molar-refractivity contribution in [2.24, 2.45) is 0 Å². The molecule has 4 heteroatoms. The Labute approximate surface area is 124 Å². The normalized spacial score (nSPS) is 12.1. The highest BCUT2D eigenvalue weighted by Gasteiger charge is 2.11. The summed E-state index contributed by atoms with van der Waals surface area (Å²) in [6.07, 6.45) is -0.0863. The minimum absolute atomic E-state index is 0.218. The molecule has 2 aromatic carbocycles. The van der Waals surface area contributed by atoms with Gasteiger partial charge in [-0.3, -0.25) is 4.79 Å². The Kier molecular flexibility index (Phi) is 5.17. The van der Waals surface area contributed by atoms with E-state index in [0.29, 0.717) is 13.0 Å². The molecule has 2 aromatic rings. The van der Waals surface area contributed by atoms with Gasteiger partial charge in [0, 0.05) is 6.42 Å². The number of ether oxygens (including phenoxy) is 2. The van der Waals surface area contributed by atoms with E-state index in [2.05, 4.69) is 0 Å². The van der Waals surface area contributed by atoms with Crippen molar-refractivity contribution in [3.05, 3.63) is 42.0 Å². The van der Waals surface area contributed by atoms with Crippen molar-refractivity contribution in [3.8, 4) is 5.75 Å². The summed E-state index contributed by atoms with van der Waals surface area (Å²) >= 11 is 0. The van der Waals surface area contributed by atoms with Crippen molar-refractivity contribution in [1.29, 1.82) is 0 Å². The van der Waals surface area contributed by atoms with E-state index in [1.807, 2.05) is 36.4 Å². The summed E-state index contributed by atoms with van der Waals surface area (Å²) in [6, 6.07) is 11.5. The summed E-state index contributed by atoms with van der Waals surface area (Å²) in [6.45, 7) is 2.14. The lowest BCUT2D eigenvalue weighted by Crippen LogP contribution is -2.07. The first kappa shape index (κ1) is 15.3. The fraction of sp³-hybridized carbons (Fsp3) is 0.353. The first-order valence-electron chi connectivity index (χ1n) is 7.05. The van der Waals surface area contributed by atoms with Crippen LogP contribution < -0.4 is 4.74 Å². The van der Waals surface area contributed by atoms with Crippen LogP contribution >= 0.6 is 0 Å². The molecule has 0 aliphatic heterocycles. The van der Waals surface area contributed by atoms with Crippen LogP contribution in [0.1, 0.15) is 31.4 Å². The van der Waals surface area contributed by atoms with E-state index in [0.717, 1.165) is 22.1 Å². The van der Waals surface area contributed by atoms with Gasteiger partial charge in [0.05, 0.1) is 19.8 Å². The average Bonchev–Trinajstić information content (AvgIpc) is 2.51. The summed E-state index contributed by atoms with van der Waals surface area (Å²) in [7, 11) is 1.63. The lowest BCUT2D eigenvalue weighted by Gasteiger charge is -2.12. The van der Waals surface area contributed by atoms with E-state index in [1.54, 1.807) is 14.0 Å². The number of esters is 1. The molecule has 0 saturated heterocycles. The summed E-state index contributed by atoms with van der Waals surface area (Å²) in [5, 5.41) is 12.2. The predicted octanol–water partition coefficient (Wildman–Crippen LogP) is 3.23. The molecule has 0 bridgehead atoms. The maximum Gasteiger partial charge on any atom is 0.305 e. The van der Waals surface area contributed by atoms with Crippen LogP contribution in [-0.4, -0.2) is 24.8 Å². The molecule has 112 valence electrons. The maximum atomic E-state index is 11.3. The number of carbonyl (C=O) groups excluding carboxylic acids is 1. The Hall–Kier alpha value is -2.07. The third-order valence-electron chi connectivity index (χ3n) is 3.38. The van der Waals surface area contributed by atoms with Gasteiger partial charge in [-0.25, -0.2) is 0 Å². The molecule has 1 atom stereocenters. The molecule has 0 amide bonds. The number of hydrogen-bond donors (Lipinski definition) is 1. The van der Waals surface area contributed by atoms with Gasteiger partial charge >= 0.3 is 5.97 Å². The van der Waals surface area contributed by atoms with Gasteiger partial charge in [-0.15, -0.1) is 0 Å². The molecule has 0 fully saturated rings. The van der Waals surface area contributed by atoms with Crippen LogP contribution in [0.2, 0.25) is 0 Å². The van der Waals surface area contributed by atoms with Crippen molar-refractivity contribution in [2.75, 3.05) is 13.7 Å². The monoisotopic (exact) mass is 288 g/mol. The fourth-order valence-electron chi connectivity index (χ4n) is 2.23. The Morgan fingerprint density at radius 1 is 1.19 bits per heavy atom. The molecular formula is C17H20O4. The molecular weight excluding hydrogens is 268 g/mol. The van der Waals surface area contributed by atoms with Gasteiger partial charge in [0.1, 0.15) is 5.75 Å². The lowest BCUT2D eigenvalue weighted by molar-refractivity contribution is -0.143. The van der Waals surface area contributed by atoms with Gasteiger partial charge in [0.15, 0.2) is 0 Å². The Balaban J connectivity index is 2.09. The largest absolute Gasteiger partial charge is 0.497 e. The Bertz CT molecular complexity index is 621. The summed E-state index contributed by atoms with van der Waals surface area (Å²) in [4.78, 5) is 11.3. The van der Waals surface area contributed by atoms with Crippen molar-refractivity contribution in [1.82, 2.24) is 0 Å². The second kappa shape index (κ2) is 7.09. The molecule has 0 aliphatic carbocycles. The molecule has 0 aliphatic rings. The molecule has 0 heterocycles. The Morgan fingerprint density at radius 2 is 1.90 bits per heavy atom. The van der Waals surface area contributed by atoms with Crippen molar-refractivity contribution in [2.45, 2.75) is 25.9 Å². The predicted molar refractivity (Wildman–Crippen MR) is 81.3 cm³/mol. The smallest absolute Gasteiger partial charge is 0.305 e. The summed E-state index contributed by atoms with van der Waals surface area (Å²) in [5.74, 6) is 0.528. The molecule has 0 radical (unpaired) electrons. The number of rotatable bonds is 6. The first-order valence-corrected chi connectivity index (χ1v) is 7.05. The van der Waals surface area contributed by atoms with Gasteiger partial charge in [0.25, 0.3) is 0 Å². The van der Waals surface area contributed by atoms with E-state index >= 15 is 0 Å². The zero-order chi connectivity index (χ0) is 15.2. The van der Waals surface area contributed by atoms with Gasteiger partial charge < -0.3 is 14.6 Å². The van der Waals surface area contributed by atoms with Crippen LogP contribution in [0.5, 0.6) is 5.75 Å². The van der Waals surface area contributed by atoms with Crippen LogP contribution in [0.3, 0.4) is 0 Å². The van der Waals surface area contributed by atoms with Crippen LogP contribution in [0.4, 0.5) is 0 Å². The van der Waals surface area contributed by atoms with E-state index in [-0.39, 0.29) is 12.4 Å². The minimum atomic E-state index is -0.666. The highest BCUT2D eigenvalue weighted by atomic mass is 16.5. The molecule has 21 heavy (non-hydrogen) atoms. The average molecular weight is 288 g/mol.